The fourth-order valence-corrected chi connectivity index (χ4v) is 3.78. The Labute approximate surface area is 157 Å². The monoisotopic (exact) mass is 356 g/mol. The highest BCUT2D eigenvalue weighted by Gasteiger charge is 2.23. The summed E-state index contributed by atoms with van der Waals surface area (Å²) in [6.45, 7) is 12.7. The Kier molecular flexibility index (Phi) is 6.69. The summed E-state index contributed by atoms with van der Waals surface area (Å²) in [7, 11) is 0. The number of benzene rings is 1. The van der Waals surface area contributed by atoms with Crippen LogP contribution in [0.4, 0.5) is 0 Å². The van der Waals surface area contributed by atoms with Crippen molar-refractivity contribution in [2.45, 2.75) is 26.7 Å². The number of piperazine rings is 1. The molecule has 0 atom stereocenters. The standard InChI is InChI=1S/C21H32N4O/c1-3-9-23(10-4-2)11-12-24-13-15-25(16-14-24)21(26)20-17-18-7-5-6-8-19(18)22-20/h5-8,17,22H,3-4,9-16H2,1-2H3. The molecule has 0 saturated carbocycles. The van der Waals surface area contributed by atoms with E-state index in [1.165, 1.54) is 25.9 Å². The van der Waals surface area contributed by atoms with E-state index in [1.807, 2.05) is 35.2 Å². The lowest BCUT2D eigenvalue weighted by atomic mass is 10.2. The van der Waals surface area contributed by atoms with Gasteiger partial charge in [-0.05, 0) is 38.1 Å². The Bertz CT molecular complexity index is 664. The molecular formula is C21H32N4O. The summed E-state index contributed by atoms with van der Waals surface area (Å²) in [5.41, 5.74) is 1.73. The van der Waals surface area contributed by atoms with Gasteiger partial charge in [0.2, 0.25) is 0 Å². The average molecular weight is 357 g/mol. The van der Waals surface area contributed by atoms with Crippen molar-refractivity contribution >= 4 is 16.8 Å². The van der Waals surface area contributed by atoms with Crippen LogP contribution in [0, 0.1) is 0 Å². The molecule has 1 aromatic heterocycles. The first-order valence-corrected chi connectivity index (χ1v) is 10.0. The minimum atomic E-state index is 0.124. The number of hydrogen-bond donors (Lipinski definition) is 1. The van der Waals surface area contributed by atoms with Gasteiger partial charge >= 0.3 is 0 Å². The summed E-state index contributed by atoms with van der Waals surface area (Å²) >= 11 is 0. The van der Waals surface area contributed by atoms with E-state index in [2.05, 4.69) is 28.6 Å². The first kappa shape index (κ1) is 18.9. The molecule has 2 heterocycles. The smallest absolute Gasteiger partial charge is 0.270 e. The van der Waals surface area contributed by atoms with E-state index in [0.717, 1.165) is 50.2 Å². The average Bonchev–Trinajstić information content (AvgIpc) is 3.10. The van der Waals surface area contributed by atoms with E-state index < -0.39 is 0 Å². The molecule has 2 aromatic rings. The molecule has 5 heteroatoms. The highest BCUT2D eigenvalue weighted by molar-refractivity contribution is 5.98. The number of aromatic amines is 1. The lowest BCUT2D eigenvalue weighted by Crippen LogP contribution is -2.50. The highest BCUT2D eigenvalue weighted by Crippen LogP contribution is 2.16. The number of amides is 1. The van der Waals surface area contributed by atoms with E-state index in [-0.39, 0.29) is 5.91 Å². The molecule has 1 N–H and O–H groups in total. The third kappa shape index (κ3) is 4.65. The zero-order valence-corrected chi connectivity index (χ0v) is 16.2. The normalized spacial score (nSPS) is 15.9. The maximum atomic E-state index is 12.8. The molecule has 1 saturated heterocycles. The zero-order chi connectivity index (χ0) is 18.4. The van der Waals surface area contributed by atoms with Crippen LogP contribution in [0.15, 0.2) is 30.3 Å². The lowest BCUT2D eigenvalue weighted by molar-refractivity contribution is 0.0618. The van der Waals surface area contributed by atoms with Crippen molar-refractivity contribution < 1.29 is 4.79 Å². The quantitative estimate of drug-likeness (QED) is 0.790. The molecule has 26 heavy (non-hydrogen) atoms. The summed E-state index contributed by atoms with van der Waals surface area (Å²) in [5, 5.41) is 1.10. The van der Waals surface area contributed by atoms with E-state index in [1.54, 1.807) is 0 Å². The van der Waals surface area contributed by atoms with Crippen LogP contribution >= 0.6 is 0 Å². The second kappa shape index (κ2) is 9.19. The van der Waals surface area contributed by atoms with Crippen molar-refractivity contribution in [3.8, 4) is 0 Å². The van der Waals surface area contributed by atoms with E-state index in [4.69, 9.17) is 0 Å². The Balaban J connectivity index is 1.49. The van der Waals surface area contributed by atoms with E-state index >= 15 is 0 Å². The first-order chi connectivity index (χ1) is 12.7. The third-order valence-corrected chi connectivity index (χ3v) is 5.23. The molecule has 1 aliphatic heterocycles. The molecule has 1 fully saturated rings. The van der Waals surface area contributed by atoms with Gasteiger partial charge in [-0.15, -0.1) is 0 Å². The van der Waals surface area contributed by atoms with Gasteiger partial charge in [0, 0.05) is 50.2 Å². The van der Waals surface area contributed by atoms with Crippen LogP contribution < -0.4 is 0 Å². The fourth-order valence-electron chi connectivity index (χ4n) is 3.78. The molecule has 0 aliphatic carbocycles. The predicted molar refractivity (Wildman–Crippen MR) is 108 cm³/mol. The Hall–Kier alpha value is -1.85. The number of fused-ring (bicyclic) bond motifs is 1. The summed E-state index contributed by atoms with van der Waals surface area (Å²) < 4.78 is 0. The highest BCUT2D eigenvalue weighted by atomic mass is 16.2. The molecule has 3 rings (SSSR count). The van der Waals surface area contributed by atoms with Crippen molar-refractivity contribution in [3.05, 3.63) is 36.0 Å². The van der Waals surface area contributed by atoms with Gasteiger partial charge in [-0.3, -0.25) is 9.69 Å². The second-order valence-corrected chi connectivity index (χ2v) is 7.25. The number of H-pyrrole nitrogens is 1. The minimum absolute atomic E-state index is 0.124. The number of carbonyl (C=O) groups excluding carboxylic acids is 1. The maximum absolute atomic E-state index is 12.8. The van der Waals surface area contributed by atoms with Gasteiger partial charge in [-0.25, -0.2) is 0 Å². The minimum Gasteiger partial charge on any atom is -0.351 e. The van der Waals surface area contributed by atoms with Gasteiger partial charge in [0.25, 0.3) is 5.91 Å². The Morgan fingerprint density at radius 2 is 1.73 bits per heavy atom. The molecular weight excluding hydrogens is 324 g/mol. The molecule has 1 amide bonds. The number of hydrogen-bond acceptors (Lipinski definition) is 3. The van der Waals surface area contributed by atoms with Gasteiger partial charge in [0.15, 0.2) is 0 Å². The molecule has 0 bridgehead atoms. The maximum Gasteiger partial charge on any atom is 0.270 e. The Morgan fingerprint density at radius 3 is 2.38 bits per heavy atom. The van der Waals surface area contributed by atoms with Gasteiger partial charge < -0.3 is 14.8 Å². The number of nitrogens with one attached hydrogen (secondary N) is 1. The molecule has 5 nitrogen and oxygen atoms in total. The van der Waals surface area contributed by atoms with Crippen LogP contribution in [0.3, 0.4) is 0 Å². The number of para-hydroxylation sites is 1. The zero-order valence-electron chi connectivity index (χ0n) is 16.2. The SMILES string of the molecule is CCCN(CCC)CCN1CCN(C(=O)c2cc3ccccc3[nH]2)CC1. The Morgan fingerprint density at radius 1 is 1.04 bits per heavy atom. The van der Waals surface area contributed by atoms with Gasteiger partial charge in [0.05, 0.1) is 0 Å². The van der Waals surface area contributed by atoms with Crippen molar-refractivity contribution in [2.75, 3.05) is 52.4 Å². The van der Waals surface area contributed by atoms with Crippen molar-refractivity contribution in [1.82, 2.24) is 19.7 Å². The van der Waals surface area contributed by atoms with E-state index in [0.29, 0.717) is 5.69 Å². The molecule has 1 aliphatic rings. The predicted octanol–water partition coefficient (Wildman–Crippen LogP) is 3.05. The number of nitrogens with zero attached hydrogens (tertiary/aromatic N) is 3. The number of carbonyl (C=O) groups is 1. The topological polar surface area (TPSA) is 42.6 Å². The summed E-state index contributed by atoms with van der Waals surface area (Å²) in [6.07, 6.45) is 2.43. The number of rotatable bonds is 8. The van der Waals surface area contributed by atoms with Gasteiger partial charge in [0.1, 0.15) is 5.69 Å². The molecule has 0 spiro atoms. The second-order valence-electron chi connectivity index (χ2n) is 7.25. The van der Waals surface area contributed by atoms with Crippen LogP contribution in [0.25, 0.3) is 10.9 Å². The molecule has 1 aromatic carbocycles. The van der Waals surface area contributed by atoms with Crippen LogP contribution in [-0.4, -0.2) is 77.9 Å². The summed E-state index contributed by atoms with van der Waals surface area (Å²) in [5.74, 6) is 0.124. The van der Waals surface area contributed by atoms with Crippen molar-refractivity contribution in [3.63, 3.8) is 0 Å². The van der Waals surface area contributed by atoms with Crippen molar-refractivity contribution in [2.24, 2.45) is 0 Å². The molecule has 142 valence electrons. The van der Waals surface area contributed by atoms with Crippen molar-refractivity contribution in [1.29, 1.82) is 0 Å². The molecule has 0 radical (unpaired) electrons. The summed E-state index contributed by atoms with van der Waals surface area (Å²) in [6, 6.07) is 10.0. The number of aromatic nitrogens is 1. The van der Waals surface area contributed by atoms with Crippen LogP contribution in [-0.2, 0) is 0 Å². The first-order valence-electron chi connectivity index (χ1n) is 10.0. The fraction of sp³-hybridized carbons (Fsp3) is 0.571. The summed E-state index contributed by atoms with van der Waals surface area (Å²) in [4.78, 5) is 23.1. The molecule has 0 unspecified atom stereocenters. The van der Waals surface area contributed by atoms with Crippen LogP contribution in [0.2, 0.25) is 0 Å². The van der Waals surface area contributed by atoms with Crippen LogP contribution in [0.1, 0.15) is 37.2 Å². The third-order valence-electron chi connectivity index (χ3n) is 5.23. The van der Waals surface area contributed by atoms with Crippen LogP contribution in [0.5, 0.6) is 0 Å². The van der Waals surface area contributed by atoms with Gasteiger partial charge in [-0.2, -0.15) is 0 Å². The largest absolute Gasteiger partial charge is 0.351 e. The lowest BCUT2D eigenvalue weighted by Gasteiger charge is -2.35. The van der Waals surface area contributed by atoms with Gasteiger partial charge in [-0.1, -0.05) is 32.0 Å². The van der Waals surface area contributed by atoms with E-state index in [9.17, 15) is 4.79 Å².